The van der Waals surface area contributed by atoms with Crippen molar-refractivity contribution in [2.45, 2.75) is 18.6 Å². The van der Waals surface area contributed by atoms with Crippen molar-refractivity contribution in [3.05, 3.63) is 47.5 Å². The second-order valence-corrected chi connectivity index (χ2v) is 3.91. The van der Waals surface area contributed by atoms with Crippen LogP contribution in [-0.4, -0.2) is 14.2 Å². The lowest BCUT2D eigenvalue weighted by molar-refractivity contribution is 0.0352. The minimum atomic E-state index is -0.328. The Labute approximate surface area is 90.5 Å². The molecular formula is C13H16O2. The summed E-state index contributed by atoms with van der Waals surface area (Å²) in [6.07, 6.45) is 4.15. The van der Waals surface area contributed by atoms with Crippen LogP contribution in [0.5, 0.6) is 0 Å². The van der Waals surface area contributed by atoms with Gasteiger partial charge in [0.15, 0.2) is 0 Å². The molecule has 1 aliphatic rings. The summed E-state index contributed by atoms with van der Waals surface area (Å²) in [5, 5.41) is 0. The van der Waals surface area contributed by atoms with Crippen LogP contribution in [0.4, 0.5) is 0 Å². The van der Waals surface area contributed by atoms with Gasteiger partial charge in [0, 0.05) is 14.2 Å². The number of ether oxygens (including phenoxy) is 2. The molecule has 2 rings (SSSR count). The molecule has 1 aliphatic carbocycles. The number of hydrogen-bond donors (Lipinski definition) is 0. The quantitative estimate of drug-likeness (QED) is 0.690. The van der Waals surface area contributed by atoms with Crippen LogP contribution in [0, 0.1) is 0 Å². The summed E-state index contributed by atoms with van der Waals surface area (Å²) in [5.41, 5.74) is 2.04. The Morgan fingerprint density at radius 1 is 1.20 bits per heavy atom. The monoisotopic (exact) mass is 204 g/mol. The molecule has 2 nitrogen and oxygen atoms in total. The van der Waals surface area contributed by atoms with Crippen molar-refractivity contribution in [3.8, 4) is 0 Å². The van der Waals surface area contributed by atoms with Crippen LogP contribution in [0.2, 0.25) is 0 Å². The van der Waals surface area contributed by atoms with Crippen LogP contribution >= 0.6 is 0 Å². The van der Waals surface area contributed by atoms with Gasteiger partial charge in [-0.3, -0.25) is 0 Å². The molecule has 0 aromatic heterocycles. The molecule has 0 saturated carbocycles. The average molecular weight is 204 g/mol. The van der Waals surface area contributed by atoms with E-state index in [1.165, 1.54) is 11.1 Å². The zero-order valence-corrected chi connectivity index (χ0v) is 9.36. The maximum absolute atomic E-state index is 5.56. The van der Waals surface area contributed by atoms with Gasteiger partial charge in [0.1, 0.15) is 11.7 Å². The maximum Gasteiger partial charge on any atom is 0.108 e. The summed E-state index contributed by atoms with van der Waals surface area (Å²) in [6.45, 7) is 2.06. The molecule has 0 unspecified atom stereocenters. The highest BCUT2D eigenvalue weighted by molar-refractivity contribution is 5.42. The molecule has 80 valence electrons. The van der Waals surface area contributed by atoms with E-state index in [9.17, 15) is 0 Å². The van der Waals surface area contributed by atoms with E-state index in [1.54, 1.807) is 14.2 Å². The van der Waals surface area contributed by atoms with Gasteiger partial charge in [-0.15, -0.1) is 0 Å². The Kier molecular flexibility index (Phi) is 2.63. The lowest BCUT2D eigenvalue weighted by Crippen LogP contribution is -2.27. The maximum atomic E-state index is 5.56. The number of hydrogen-bond acceptors (Lipinski definition) is 2. The van der Waals surface area contributed by atoms with Gasteiger partial charge >= 0.3 is 0 Å². The fourth-order valence-electron chi connectivity index (χ4n) is 2.05. The number of rotatable bonds is 2. The molecule has 2 heteroatoms. The largest absolute Gasteiger partial charge is 0.373 e. The Morgan fingerprint density at radius 2 is 1.93 bits per heavy atom. The van der Waals surface area contributed by atoms with Gasteiger partial charge < -0.3 is 9.47 Å². The normalized spacial score (nSPS) is 28.9. The van der Waals surface area contributed by atoms with Crippen LogP contribution in [0.3, 0.4) is 0 Å². The summed E-state index contributed by atoms with van der Waals surface area (Å²) < 4.78 is 11.0. The van der Waals surface area contributed by atoms with Crippen molar-refractivity contribution in [1.29, 1.82) is 0 Å². The fraction of sp³-hybridized carbons (Fsp3) is 0.385. The van der Waals surface area contributed by atoms with Crippen LogP contribution in [0.15, 0.2) is 36.4 Å². The molecule has 0 aliphatic heterocycles. The molecule has 2 atom stereocenters. The van der Waals surface area contributed by atoms with E-state index in [0.717, 1.165) is 0 Å². The lowest BCUT2D eigenvalue weighted by atomic mass is 9.84. The zero-order valence-electron chi connectivity index (χ0n) is 9.36. The second-order valence-electron chi connectivity index (χ2n) is 3.91. The number of fused-ring (bicyclic) bond motifs is 1. The van der Waals surface area contributed by atoms with Gasteiger partial charge in [0.05, 0.1) is 0 Å². The zero-order chi connectivity index (χ0) is 10.9. The van der Waals surface area contributed by atoms with E-state index in [0.29, 0.717) is 0 Å². The van der Waals surface area contributed by atoms with E-state index < -0.39 is 0 Å². The molecule has 0 heterocycles. The molecule has 0 spiro atoms. The third-order valence-electron chi connectivity index (χ3n) is 3.07. The highest BCUT2D eigenvalue weighted by atomic mass is 16.5. The molecular weight excluding hydrogens is 188 g/mol. The Bertz CT molecular complexity index is 384. The fourth-order valence-corrected chi connectivity index (χ4v) is 2.05. The van der Waals surface area contributed by atoms with Gasteiger partial charge in [0.2, 0.25) is 0 Å². The van der Waals surface area contributed by atoms with Crippen molar-refractivity contribution in [1.82, 2.24) is 0 Å². The predicted molar refractivity (Wildman–Crippen MR) is 59.7 cm³/mol. The van der Waals surface area contributed by atoms with E-state index >= 15 is 0 Å². The molecule has 0 radical (unpaired) electrons. The molecule has 0 amide bonds. The molecule has 1 aromatic carbocycles. The second kappa shape index (κ2) is 3.80. The first-order chi connectivity index (χ1) is 7.21. The summed E-state index contributed by atoms with van der Waals surface area (Å²) in [4.78, 5) is 0. The van der Waals surface area contributed by atoms with E-state index in [-0.39, 0.29) is 11.7 Å². The number of methoxy groups -OCH3 is 2. The van der Waals surface area contributed by atoms with Crippen LogP contribution in [0.25, 0.3) is 0 Å². The highest BCUT2D eigenvalue weighted by Gasteiger charge is 2.31. The van der Waals surface area contributed by atoms with Crippen molar-refractivity contribution >= 4 is 0 Å². The summed E-state index contributed by atoms with van der Waals surface area (Å²) in [5.74, 6) is 0. The average Bonchev–Trinajstić information content (AvgIpc) is 2.30. The summed E-state index contributed by atoms with van der Waals surface area (Å²) in [6, 6.07) is 8.24. The van der Waals surface area contributed by atoms with Crippen molar-refractivity contribution < 1.29 is 9.47 Å². The van der Waals surface area contributed by atoms with Gasteiger partial charge in [-0.25, -0.2) is 0 Å². The van der Waals surface area contributed by atoms with E-state index in [1.807, 2.05) is 18.2 Å². The summed E-state index contributed by atoms with van der Waals surface area (Å²) >= 11 is 0. The standard InChI is InChI=1S/C13H16O2/c1-13(15-3)9-8-12(14-2)10-6-4-5-7-11(10)13/h4-9,12H,1-3H3/t12-,13-/m0/s1. The van der Waals surface area contributed by atoms with Gasteiger partial charge in [-0.05, 0) is 24.1 Å². The first-order valence-corrected chi connectivity index (χ1v) is 5.08. The van der Waals surface area contributed by atoms with Crippen molar-refractivity contribution in [2.75, 3.05) is 14.2 Å². The predicted octanol–water partition coefficient (Wildman–Crippen LogP) is 2.81. The Balaban J connectivity index is 2.54. The minimum Gasteiger partial charge on any atom is -0.373 e. The van der Waals surface area contributed by atoms with Gasteiger partial charge in [0.25, 0.3) is 0 Å². The SMILES string of the molecule is CO[C@H]1C=C[C@](C)(OC)c2ccccc21. The Hall–Kier alpha value is -1.12. The van der Waals surface area contributed by atoms with E-state index in [2.05, 4.69) is 25.1 Å². The third-order valence-corrected chi connectivity index (χ3v) is 3.07. The molecule has 0 fully saturated rings. The molecule has 0 N–H and O–H groups in total. The smallest absolute Gasteiger partial charge is 0.108 e. The number of benzene rings is 1. The first-order valence-electron chi connectivity index (χ1n) is 5.08. The van der Waals surface area contributed by atoms with Crippen LogP contribution < -0.4 is 0 Å². The minimum absolute atomic E-state index is 0.0458. The van der Waals surface area contributed by atoms with Gasteiger partial charge in [-0.1, -0.05) is 30.3 Å². The third kappa shape index (κ3) is 1.60. The first kappa shape index (κ1) is 10.4. The summed E-state index contributed by atoms with van der Waals surface area (Å²) in [7, 11) is 3.45. The lowest BCUT2D eigenvalue weighted by Gasteiger charge is -2.33. The molecule has 0 bridgehead atoms. The van der Waals surface area contributed by atoms with Crippen molar-refractivity contribution in [3.63, 3.8) is 0 Å². The molecule has 15 heavy (non-hydrogen) atoms. The van der Waals surface area contributed by atoms with Crippen LogP contribution in [0.1, 0.15) is 24.2 Å². The van der Waals surface area contributed by atoms with E-state index in [4.69, 9.17) is 9.47 Å². The Morgan fingerprint density at radius 3 is 2.60 bits per heavy atom. The van der Waals surface area contributed by atoms with Crippen molar-refractivity contribution in [2.24, 2.45) is 0 Å². The molecule has 0 saturated heterocycles. The highest BCUT2D eigenvalue weighted by Crippen LogP contribution is 2.38. The topological polar surface area (TPSA) is 18.5 Å². The molecule has 1 aromatic rings. The van der Waals surface area contributed by atoms with Gasteiger partial charge in [-0.2, -0.15) is 0 Å². The van der Waals surface area contributed by atoms with Crippen LogP contribution in [-0.2, 0) is 15.1 Å².